The normalized spacial score (nSPS) is 19.5. The summed E-state index contributed by atoms with van der Waals surface area (Å²) >= 11 is 6.38. The van der Waals surface area contributed by atoms with Crippen LogP contribution in [0.3, 0.4) is 0 Å². The number of hydrogen-bond donors (Lipinski definition) is 0. The monoisotopic (exact) mass is 300 g/mol. The maximum Gasteiger partial charge on any atom is 0.245 e. The third-order valence-electron chi connectivity index (χ3n) is 3.91. The number of likely N-dealkylation sites (tertiary alicyclic amines) is 1. The molecule has 1 amide bonds. The van der Waals surface area contributed by atoms with E-state index in [1.54, 1.807) is 6.20 Å². The Bertz CT molecular complexity index is 603. The average Bonchev–Trinajstić information content (AvgIpc) is 3.04. The fraction of sp³-hybridized carbons (Fsp3) is 0.294. The van der Waals surface area contributed by atoms with Crippen LogP contribution >= 0.6 is 11.6 Å². The highest BCUT2D eigenvalue weighted by molar-refractivity contribution is 6.30. The van der Waals surface area contributed by atoms with E-state index in [0.29, 0.717) is 0 Å². The van der Waals surface area contributed by atoms with Crippen LogP contribution in [0.4, 0.5) is 0 Å². The van der Waals surface area contributed by atoms with Gasteiger partial charge in [-0.1, -0.05) is 36.4 Å². The van der Waals surface area contributed by atoms with Gasteiger partial charge in [0.25, 0.3) is 0 Å². The molecule has 1 aromatic heterocycles. The zero-order valence-corrected chi connectivity index (χ0v) is 12.4. The van der Waals surface area contributed by atoms with Crippen LogP contribution in [0.25, 0.3) is 0 Å². The molecule has 0 aliphatic carbocycles. The molecule has 1 saturated heterocycles. The van der Waals surface area contributed by atoms with Gasteiger partial charge in [-0.25, -0.2) is 0 Å². The minimum absolute atomic E-state index is 0.0192. The summed E-state index contributed by atoms with van der Waals surface area (Å²) in [5, 5.41) is -0.622. The molecule has 2 atom stereocenters. The summed E-state index contributed by atoms with van der Waals surface area (Å²) in [5.41, 5.74) is 1.93. The summed E-state index contributed by atoms with van der Waals surface area (Å²) in [7, 11) is 0. The van der Waals surface area contributed by atoms with E-state index in [4.69, 9.17) is 11.6 Å². The van der Waals surface area contributed by atoms with Crippen molar-refractivity contribution in [2.24, 2.45) is 0 Å². The van der Waals surface area contributed by atoms with Crippen LogP contribution in [0.1, 0.15) is 35.4 Å². The minimum atomic E-state index is -0.622. The van der Waals surface area contributed by atoms with Gasteiger partial charge in [0.15, 0.2) is 0 Å². The topological polar surface area (TPSA) is 33.2 Å². The number of hydrogen-bond acceptors (Lipinski definition) is 2. The summed E-state index contributed by atoms with van der Waals surface area (Å²) in [6.07, 6.45) is 5.56. The molecule has 0 spiro atoms. The molecule has 3 rings (SSSR count). The van der Waals surface area contributed by atoms with Crippen LogP contribution in [0.5, 0.6) is 0 Å². The first-order chi connectivity index (χ1) is 10.3. The summed E-state index contributed by atoms with van der Waals surface area (Å²) in [4.78, 5) is 18.7. The zero-order valence-electron chi connectivity index (χ0n) is 11.7. The summed E-state index contributed by atoms with van der Waals surface area (Å²) < 4.78 is 0. The van der Waals surface area contributed by atoms with E-state index < -0.39 is 5.38 Å². The van der Waals surface area contributed by atoms with E-state index in [9.17, 15) is 4.79 Å². The first kappa shape index (κ1) is 14.1. The largest absolute Gasteiger partial charge is 0.334 e. The first-order valence-corrected chi connectivity index (χ1v) is 7.60. The molecule has 2 heterocycles. The highest BCUT2D eigenvalue weighted by Crippen LogP contribution is 2.35. The highest BCUT2D eigenvalue weighted by Gasteiger charge is 2.33. The van der Waals surface area contributed by atoms with Crippen molar-refractivity contribution < 1.29 is 4.79 Å². The van der Waals surface area contributed by atoms with Crippen LogP contribution in [-0.4, -0.2) is 22.3 Å². The van der Waals surface area contributed by atoms with Crippen molar-refractivity contribution in [1.29, 1.82) is 0 Å². The predicted octanol–water partition coefficient (Wildman–Crippen LogP) is 3.73. The third kappa shape index (κ3) is 2.93. The van der Waals surface area contributed by atoms with E-state index >= 15 is 0 Å². The molecule has 1 aromatic carbocycles. The molecule has 0 radical (unpaired) electrons. The lowest BCUT2D eigenvalue weighted by Gasteiger charge is -2.27. The SMILES string of the molecule is O=C(C(Cl)c1ccccc1)N1CCCC1c1cccnc1. The van der Waals surface area contributed by atoms with Gasteiger partial charge in [-0.05, 0) is 30.0 Å². The molecule has 2 aromatic rings. The van der Waals surface area contributed by atoms with E-state index in [1.165, 1.54) is 0 Å². The van der Waals surface area contributed by atoms with Gasteiger partial charge in [0.1, 0.15) is 5.38 Å². The van der Waals surface area contributed by atoms with Crippen molar-refractivity contribution in [1.82, 2.24) is 9.88 Å². The molecule has 1 aliphatic rings. The summed E-state index contributed by atoms with van der Waals surface area (Å²) in [6.45, 7) is 0.758. The standard InChI is InChI=1S/C17H17ClN2O/c18-16(13-6-2-1-3-7-13)17(21)20-11-5-9-15(20)14-8-4-10-19-12-14/h1-4,6-8,10,12,15-16H,5,9,11H2. The highest BCUT2D eigenvalue weighted by atomic mass is 35.5. The Balaban J connectivity index is 1.81. The van der Waals surface area contributed by atoms with E-state index in [2.05, 4.69) is 4.98 Å². The van der Waals surface area contributed by atoms with Crippen LogP contribution in [0.2, 0.25) is 0 Å². The van der Waals surface area contributed by atoms with Crippen molar-refractivity contribution in [2.45, 2.75) is 24.3 Å². The lowest BCUT2D eigenvalue weighted by Crippen LogP contribution is -2.33. The van der Waals surface area contributed by atoms with Crippen LogP contribution in [-0.2, 0) is 4.79 Å². The number of amides is 1. The van der Waals surface area contributed by atoms with Crippen molar-refractivity contribution in [3.63, 3.8) is 0 Å². The van der Waals surface area contributed by atoms with Crippen molar-refractivity contribution in [3.8, 4) is 0 Å². The summed E-state index contributed by atoms with van der Waals surface area (Å²) in [6, 6.07) is 13.5. The lowest BCUT2D eigenvalue weighted by molar-refractivity contribution is -0.131. The zero-order chi connectivity index (χ0) is 14.7. The number of nitrogens with zero attached hydrogens (tertiary/aromatic N) is 2. The van der Waals surface area contributed by atoms with Gasteiger partial charge in [-0.15, -0.1) is 11.6 Å². The predicted molar refractivity (Wildman–Crippen MR) is 83.0 cm³/mol. The van der Waals surface area contributed by atoms with E-state index in [0.717, 1.165) is 30.5 Å². The molecular weight excluding hydrogens is 284 g/mol. The molecule has 2 unspecified atom stereocenters. The number of halogens is 1. The molecule has 1 fully saturated rings. The second-order valence-corrected chi connectivity index (χ2v) is 5.69. The fourth-order valence-corrected chi connectivity index (χ4v) is 3.13. The number of rotatable bonds is 3. The molecule has 1 aliphatic heterocycles. The number of alkyl halides is 1. The number of benzene rings is 1. The van der Waals surface area contributed by atoms with Gasteiger partial charge >= 0.3 is 0 Å². The second-order valence-electron chi connectivity index (χ2n) is 5.25. The lowest BCUT2D eigenvalue weighted by atomic mass is 10.1. The van der Waals surface area contributed by atoms with Crippen molar-refractivity contribution in [2.75, 3.05) is 6.54 Å². The molecule has 0 N–H and O–H groups in total. The average molecular weight is 301 g/mol. The van der Waals surface area contributed by atoms with Crippen molar-refractivity contribution >= 4 is 17.5 Å². The van der Waals surface area contributed by atoms with Gasteiger partial charge in [0.2, 0.25) is 5.91 Å². The first-order valence-electron chi connectivity index (χ1n) is 7.17. The Morgan fingerprint density at radius 2 is 2.05 bits per heavy atom. The molecule has 4 heteroatoms. The van der Waals surface area contributed by atoms with Gasteiger partial charge in [-0.2, -0.15) is 0 Å². The van der Waals surface area contributed by atoms with Crippen LogP contribution in [0, 0.1) is 0 Å². The van der Waals surface area contributed by atoms with Crippen molar-refractivity contribution in [3.05, 3.63) is 66.0 Å². The quantitative estimate of drug-likeness (QED) is 0.809. The van der Waals surface area contributed by atoms with Gasteiger partial charge in [-0.3, -0.25) is 9.78 Å². The van der Waals surface area contributed by atoms with Gasteiger partial charge < -0.3 is 4.90 Å². The maximum absolute atomic E-state index is 12.7. The Kier molecular flexibility index (Phi) is 4.20. The minimum Gasteiger partial charge on any atom is -0.334 e. The molecule has 108 valence electrons. The maximum atomic E-state index is 12.7. The molecule has 0 bridgehead atoms. The fourth-order valence-electron chi connectivity index (χ4n) is 2.86. The Morgan fingerprint density at radius 1 is 1.24 bits per heavy atom. The Hall–Kier alpha value is -1.87. The second kappa shape index (κ2) is 6.27. The Morgan fingerprint density at radius 3 is 2.76 bits per heavy atom. The molecular formula is C17H17ClN2O. The summed E-state index contributed by atoms with van der Waals surface area (Å²) in [5.74, 6) is -0.0192. The van der Waals surface area contributed by atoms with Gasteiger partial charge in [0, 0.05) is 18.9 Å². The van der Waals surface area contributed by atoms with E-state index in [-0.39, 0.29) is 11.9 Å². The number of carbonyl (C=O) groups is 1. The number of aromatic nitrogens is 1. The third-order valence-corrected chi connectivity index (χ3v) is 4.35. The van der Waals surface area contributed by atoms with Crippen LogP contribution < -0.4 is 0 Å². The molecule has 21 heavy (non-hydrogen) atoms. The smallest absolute Gasteiger partial charge is 0.245 e. The van der Waals surface area contributed by atoms with Gasteiger partial charge in [0.05, 0.1) is 6.04 Å². The number of carbonyl (C=O) groups excluding carboxylic acids is 1. The molecule has 3 nitrogen and oxygen atoms in total. The molecule has 0 saturated carbocycles. The van der Waals surface area contributed by atoms with Crippen LogP contribution in [0.15, 0.2) is 54.9 Å². The van der Waals surface area contributed by atoms with E-state index in [1.807, 2.05) is 53.6 Å². The number of pyridine rings is 1. The Labute approximate surface area is 129 Å².